The lowest BCUT2D eigenvalue weighted by Gasteiger charge is -2.20. The zero-order valence-electron chi connectivity index (χ0n) is 9.42. The van der Waals surface area contributed by atoms with Crippen molar-refractivity contribution in [3.05, 3.63) is 22.7 Å². The third-order valence-corrected chi connectivity index (χ3v) is 2.48. The summed E-state index contributed by atoms with van der Waals surface area (Å²) in [5, 5.41) is 0.0798. The highest BCUT2D eigenvalue weighted by Crippen LogP contribution is 2.38. The predicted molar refractivity (Wildman–Crippen MR) is 58.8 cm³/mol. The maximum Gasteiger partial charge on any atom is 0.422 e. The number of carbonyl (C=O) groups is 1. The summed E-state index contributed by atoms with van der Waals surface area (Å²) in [6, 6.07) is 2.41. The highest BCUT2D eigenvalue weighted by Gasteiger charge is 2.30. The smallest absolute Gasteiger partial charge is 0.422 e. The Morgan fingerprint density at radius 2 is 2.00 bits per heavy atom. The van der Waals surface area contributed by atoms with Gasteiger partial charge < -0.3 is 14.2 Å². The quantitative estimate of drug-likeness (QED) is 0.787. The van der Waals surface area contributed by atoms with Gasteiger partial charge in [-0.2, -0.15) is 13.2 Å². The summed E-state index contributed by atoms with van der Waals surface area (Å²) >= 11 is 5.85. The Kier molecular flexibility index (Phi) is 3.75. The van der Waals surface area contributed by atoms with Crippen LogP contribution in [0.5, 0.6) is 11.5 Å². The van der Waals surface area contributed by atoms with E-state index < -0.39 is 18.8 Å². The lowest BCUT2D eigenvalue weighted by molar-refractivity contribution is -0.161. The van der Waals surface area contributed by atoms with Gasteiger partial charge in [-0.15, -0.1) is 0 Å². The second-order valence-corrected chi connectivity index (χ2v) is 4.08. The molecule has 0 aliphatic carbocycles. The lowest BCUT2D eigenvalue weighted by atomic mass is 10.2. The average Bonchev–Trinajstić information content (AvgIpc) is 2.35. The van der Waals surface area contributed by atoms with Gasteiger partial charge in [0.05, 0.1) is 10.6 Å². The fraction of sp³-hybridized carbons (Fsp3) is 0.364. The number of benzene rings is 1. The van der Waals surface area contributed by atoms with Crippen LogP contribution < -0.4 is 9.47 Å². The molecule has 0 spiro atoms. The van der Waals surface area contributed by atoms with Gasteiger partial charge in [0.2, 0.25) is 0 Å². The zero-order chi connectivity index (χ0) is 14.0. The Morgan fingerprint density at radius 3 is 2.68 bits per heavy atom. The highest BCUT2D eigenvalue weighted by atomic mass is 35.5. The van der Waals surface area contributed by atoms with Crippen molar-refractivity contribution in [2.24, 2.45) is 0 Å². The summed E-state index contributed by atoms with van der Waals surface area (Å²) in [4.78, 5) is 11.5. The zero-order valence-corrected chi connectivity index (χ0v) is 10.2. The van der Waals surface area contributed by atoms with E-state index in [-0.39, 0.29) is 28.7 Å². The van der Waals surface area contributed by atoms with Gasteiger partial charge in [-0.1, -0.05) is 11.6 Å². The topological polar surface area (TPSA) is 44.8 Å². The van der Waals surface area contributed by atoms with E-state index in [2.05, 4.69) is 4.74 Å². The molecule has 4 nitrogen and oxygen atoms in total. The van der Waals surface area contributed by atoms with Crippen LogP contribution in [-0.2, 0) is 4.74 Å². The van der Waals surface area contributed by atoms with Gasteiger partial charge in [-0.05, 0) is 12.1 Å². The predicted octanol–water partition coefficient (Wildman–Crippen LogP) is 2.83. The van der Waals surface area contributed by atoms with Crippen LogP contribution in [0.25, 0.3) is 0 Å². The van der Waals surface area contributed by atoms with E-state index in [9.17, 15) is 18.0 Å². The van der Waals surface area contributed by atoms with Gasteiger partial charge in [-0.3, -0.25) is 0 Å². The van der Waals surface area contributed by atoms with Gasteiger partial charge in [0.15, 0.2) is 18.1 Å². The molecular formula is C11H8ClF3O4. The first-order chi connectivity index (χ1) is 8.87. The maximum absolute atomic E-state index is 11.9. The largest absolute Gasteiger partial charge is 0.486 e. The number of ether oxygens (including phenoxy) is 3. The first-order valence-corrected chi connectivity index (χ1v) is 5.57. The summed E-state index contributed by atoms with van der Waals surface area (Å²) < 4.78 is 50.3. The minimum atomic E-state index is -4.58. The number of hydrogen-bond donors (Lipinski definition) is 0. The first kappa shape index (κ1) is 13.8. The molecule has 19 heavy (non-hydrogen) atoms. The SMILES string of the molecule is O=C(OCC(F)(F)F)c1cc(Cl)c2c(c1)OCCO2. The maximum atomic E-state index is 11.9. The molecule has 1 aliphatic heterocycles. The summed E-state index contributed by atoms with van der Waals surface area (Å²) in [6.45, 7) is -1.08. The van der Waals surface area contributed by atoms with Gasteiger partial charge in [0, 0.05) is 0 Å². The van der Waals surface area contributed by atoms with Crippen molar-refractivity contribution in [3.63, 3.8) is 0 Å². The van der Waals surface area contributed by atoms with E-state index in [1.807, 2.05) is 0 Å². The summed E-state index contributed by atoms with van der Waals surface area (Å²) in [5.74, 6) is -0.658. The Labute approximate surface area is 111 Å². The van der Waals surface area contributed by atoms with E-state index >= 15 is 0 Å². The van der Waals surface area contributed by atoms with Crippen LogP contribution in [-0.4, -0.2) is 32.0 Å². The first-order valence-electron chi connectivity index (χ1n) is 5.20. The fourth-order valence-corrected chi connectivity index (χ4v) is 1.72. The molecule has 104 valence electrons. The molecular weight excluding hydrogens is 289 g/mol. The molecule has 1 aliphatic rings. The molecule has 0 atom stereocenters. The molecule has 0 saturated carbocycles. The van der Waals surface area contributed by atoms with Gasteiger partial charge in [-0.25, -0.2) is 4.79 Å². The number of halogens is 4. The third kappa shape index (κ3) is 3.44. The molecule has 0 amide bonds. The summed E-state index contributed by atoms with van der Waals surface area (Å²) in [7, 11) is 0. The molecule has 8 heteroatoms. The second kappa shape index (κ2) is 5.16. The second-order valence-electron chi connectivity index (χ2n) is 3.67. The Balaban J connectivity index is 2.16. The van der Waals surface area contributed by atoms with Crippen molar-refractivity contribution in [2.75, 3.05) is 19.8 Å². The molecule has 0 N–H and O–H groups in total. The Hall–Kier alpha value is -1.63. The van der Waals surface area contributed by atoms with E-state index in [4.69, 9.17) is 21.1 Å². The van der Waals surface area contributed by atoms with Crippen LogP contribution in [0.2, 0.25) is 5.02 Å². The lowest BCUT2D eigenvalue weighted by Crippen LogP contribution is -2.21. The minimum absolute atomic E-state index is 0.0798. The molecule has 1 aromatic rings. The van der Waals surface area contributed by atoms with E-state index in [1.165, 1.54) is 12.1 Å². The van der Waals surface area contributed by atoms with Crippen LogP contribution in [0.4, 0.5) is 13.2 Å². The van der Waals surface area contributed by atoms with E-state index in [0.717, 1.165) is 0 Å². The number of hydrogen-bond acceptors (Lipinski definition) is 4. The molecule has 0 saturated heterocycles. The standard InChI is InChI=1S/C11H8ClF3O4/c12-7-3-6(10(16)19-5-11(13,14)15)4-8-9(7)18-2-1-17-8/h3-4H,1-2,5H2. The van der Waals surface area contributed by atoms with Gasteiger partial charge in [0.25, 0.3) is 0 Å². The van der Waals surface area contributed by atoms with Crippen molar-refractivity contribution in [2.45, 2.75) is 6.18 Å². The molecule has 1 aromatic carbocycles. The normalized spacial score (nSPS) is 14.1. The fourth-order valence-electron chi connectivity index (χ4n) is 1.46. The van der Waals surface area contributed by atoms with Crippen molar-refractivity contribution in [3.8, 4) is 11.5 Å². The monoisotopic (exact) mass is 296 g/mol. The van der Waals surface area contributed by atoms with Crippen LogP contribution in [0.3, 0.4) is 0 Å². The van der Waals surface area contributed by atoms with Gasteiger partial charge in [0.1, 0.15) is 13.2 Å². The van der Waals surface area contributed by atoms with E-state index in [0.29, 0.717) is 6.61 Å². The molecule has 0 radical (unpaired) electrons. The molecule has 0 bridgehead atoms. The van der Waals surface area contributed by atoms with Crippen LogP contribution >= 0.6 is 11.6 Å². The number of fused-ring (bicyclic) bond motifs is 1. The summed E-state index contributed by atoms with van der Waals surface area (Å²) in [5.41, 5.74) is -0.126. The Morgan fingerprint density at radius 1 is 1.32 bits per heavy atom. The molecule has 0 unspecified atom stereocenters. The number of alkyl halides is 3. The highest BCUT2D eigenvalue weighted by molar-refractivity contribution is 6.32. The molecule has 2 rings (SSSR count). The Bertz CT molecular complexity index is 501. The molecule has 1 heterocycles. The average molecular weight is 297 g/mol. The van der Waals surface area contributed by atoms with Crippen molar-refractivity contribution < 1.29 is 32.2 Å². The number of rotatable bonds is 2. The van der Waals surface area contributed by atoms with Crippen molar-refractivity contribution in [1.29, 1.82) is 0 Å². The van der Waals surface area contributed by atoms with Crippen molar-refractivity contribution in [1.82, 2.24) is 0 Å². The third-order valence-electron chi connectivity index (χ3n) is 2.20. The van der Waals surface area contributed by atoms with Crippen LogP contribution in [0, 0.1) is 0 Å². The van der Waals surface area contributed by atoms with Crippen LogP contribution in [0.15, 0.2) is 12.1 Å². The number of esters is 1. The molecule has 0 fully saturated rings. The summed E-state index contributed by atoms with van der Waals surface area (Å²) in [6.07, 6.45) is -4.58. The number of carbonyl (C=O) groups excluding carboxylic acids is 1. The van der Waals surface area contributed by atoms with Crippen molar-refractivity contribution >= 4 is 17.6 Å². The van der Waals surface area contributed by atoms with Gasteiger partial charge >= 0.3 is 12.1 Å². The van der Waals surface area contributed by atoms with E-state index in [1.54, 1.807) is 0 Å². The molecule has 0 aromatic heterocycles. The minimum Gasteiger partial charge on any atom is -0.486 e. The van der Waals surface area contributed by atoms with Crippen LogP contribution in [0.1, 0.15) is 10.4 Å².